The molecule has 18 heavy (non-hydrogen) atoms. The van der Waals surface area contributed by atoms with Gasteiger partial charge in [0.1, 0.15) is 0 Å². The molecule has 0 aromatic heterocycles. The molecule has 3 nitrogen and oxygen atoms in total. The fourth-order valence-electron chi connectivity index (χ4n) is 2.22. The summed E-state index contributed by atoms with van der Waals surface area (Å²) < 4.78 is 5.25. The normalized spacial score (nSPS) is 16.3. The van der Waals surface area contributed by atoms with Gasteiger partial charge in [0.05, 0.1) is 5.41 Å². The third kappa shape index (κ3) is 2.91. The lowest BCUT2D eigenvalue weighted by molar-refractivity contribution is -0.123. The Balaban J connectivity index is 1.82. The number of carbonyl (C=O) groups excluding carboxylic acids is 1. The van der Waals surface area contributed by atoms with Gasteiger partial charge in [0.15, 0.2) is 0 Å². The van der Waals surface area contributed by atoms with Crippen LogP contribution in [0, 0.1) is 0 Å². The third-order valence-corrected chi connectivity index (χ3v) is 3.47. The number of ether oxygens (including phenoxy) is 1. The van der Waals surface area contributed by atoms with Crippen molar-refractivity contribution in [3.8, 4) is 0 Å². The van der Waals surface area contributed by atoms with Crippen molar-refractivity contribution in [2.75, 3.05) is 19.8 Å². The minimum absolute atomic E-state index is 0.171. The van der Waals surface area contributed by atoms with Crippen LogP contribution in [0.1, 0.15) is 31.7 Å². The second kappa shape index (κ2) is 6.01. The maximum Gasteiger partial charge on any atom is 0.230 e. The van der Waals surface area contributed by atoms with Crippen LogP contribution in [0.3, 0.4) is 0 Å². The van der Waals surface area contributed by atoms with E-state index in [0.29, 0.717) is 6.54 Å². The molecular weight excluding hydrogens is 226 g/mol. The Kier molecular flexibility index (Phi) is 4.37. The van der Waals surface area contributed by atoms with E-state index < -0.39 is 0 Å². The molecule has 1 aliphatic rings. The lowest BCUT2D eigenvalue weighted by Gasteiger charge is -2.15. The zero-order valence-electron chi connectivity index (χ0n) is 10.9. The van der Waals surface area contributed by atoms with Gasteiger partial charge in [-0.1, -0.05) is 30.3 Å². The number of hydrogen-bond donors (Lipinski definition) is 1. The van der Waals surface area contributed by atoms with Crippen molar-refractivity contribution < 1.29 is 9.53 Å². The largest absolute Gasteiger partial charge is 0.382 e. The highest BCUT2D eigenvalue weighted by Gasteiger charge is 2.50. The monoisotopic (exact) mass is 247 g/mol. The zero-order chi connectivity index (χ0) is 12.8. The van der Waals surface area contributed by atoms with Crippen molar-refractivity contribution >= 4 is 5.91 Å². The third-order valence-electron chi connectivity index (χ3n) is 3.47. The average Bonchev–Trinajstić information content (AvgIpc) is 3.21. The van der Waals surface area contributed by atoms with E-state index in [2.05, 4.69) is 5.32 Å². The minimum atomic E-state index is -0.243. The van der Waals surface area contributed by atoms with Gasteiger partial charge in [-0.2, -0.15) is 0 Å². The van der Waals surface area contributed by atoms with Gasteiger partial charge in [0, 0.05) is 19.8 Å². The van der Waals surface area contributed by atoms with Crippen LogP contribution in [0.15, 0.2) is 30.3 Å². The lowest BCUT2D eigenvalue weighted by atomic mass is 9.95. The summed E-state index contributed by atoms with van der Waals surface area (Å²) in [4.78, 5) is 12.2. The molecule has 0 heterocycles. The Hall–Kier alpha value is -1.35. The van der Waals surface area contributed by atoms with Gasteiger partial charge < -0.3 is 10.1 Å². The standard InChI is InChI=1S/C15H21NO2/c1-2-18-12-6-11-16-14(17)15(9-10-15)13-7-4-3-5-8-13/h3-5,7-8H,2,6,9-12H2,1H3,(H,16,17). The second-order valence-corrected chi connectivity index (χ2v) is 4.75. The van der Waals surface area contributed by atoms with Crippen LogP contribution < -0.4 is 5.32 Å². The molecule has 2 rings (SSSR count). The summed E-state index contributed by atoms with van der Waals surface area (Å²) in [7, 11) is 0. The minimum Gasteiger partial charge on any atom is -0.382 e. The highest BCUT2D eigenvalue weighted by molar-refractivity contribution is 5.91. The quantitative estimate of drug-likeness (QED) is 0.751. The van der Waals surface area contributed by atoms with E-state index in [1.807, 2.05) is 37.3 Å². The first kappa shape index (κ1) is 13.1. The predicted octanol–water partition coefficient (Wildman–Crippen LogP) is 2.26. The molecule has 1 saturated carbocycles. The van der Waals surface area contributed by atoms with Crippen molar-refractivity contribution in [2.24, 2.45) is 0 Å². The van der Waals surface area contributed by atoms with Crippen LogP contribution >= 0.6 is 0 Å². The molecule has 1 amide bonds. The molecule has 1 fully saturated rings. The van der Waals surface area contributed by atoms with E-state index >= 15 is 0 Å². The van der Waals surface area contributed by atoms with Crippen LogP contribution in [0.5, 0.6) is 0 Å². The molecule has 3 heteroatoms. The summed E-state index contributed by atoms with van der Waals surface area (Å²) in [5.41, 5.74) is 0.902. The van der Waals surface area contributed by atoms with E-state index in [1.54, 1.807) is 0 Å². The Morgan fingerprint density at radius 2 is 2.06 bits per heavy atom. The summed E-state index contributed by atoms with van der Waals surface area (Å²) in [6.45, 7) is 4.14. The summed E-state index contributed by atoms with van der Waals surface area (Å²) in [6, 6.07) is 10.1. The highest BCUT2D eigenvalue weighted by atomic mass is 16.5. The number of hydrogen-bond acceptors (Lipinski definition) is 2. The van der Waals surface area contributed by atoms with Crippen LogP contribution in [0.2, 0.25) is 0 Å². The van der Waals surface area contributed by atoms with Gasteiger partial charge in [0.25, 0.3) is 0 Å². The lowest BCUT2D eigenvalue weighted by Crippen LogP contribution is -2.35. The fourth-order valence-corrected chi connectivity index (χ4v) is 2.22. The molecular formula is C15H21NO2. The number of carbonyl (C=O) groups is 1. The molecule has 0 aliphatic heterocycles. The van der Waals surface area contributed by atoms with Crippen molar-refractivity contribution in [3.63, 3.8) is 0 Å². The van der Waals surface area contributed by atoms with Gasteiger partial charge in [-0.05, 0) is 31.7 Å². The molecule has 1 aromatic carbocycles. The molecule has 98 valence electrons. The fraction of sp³-hybridized carbons (Fsp3) is 0.533. The SMILES string of the molecule is CCOCCCNC(=O)C1(c2ccccc2)CC1. The van der Waals surface area contributed by atoms with E-state index in [-0.39, 0.29) is 11.3 Å². The summed E-state index contributed by atoms with van der Waals surface area (Å²) in [6.07, 6.45) is 2.81. The van der Waals surface area contributed by atoms with Gasteiger partial charge in [-0.15, -0.1) is 0 Å². The maximum absolute atomic E-state index is 12.2. The molecule has 0 spiro atoms. The predicted molar refractivity (Wildman–Crippen MR) is 71.5 cm³/mol. The smallest absolute Gasteiger partial charge is 0.230 e. The summed E-state index contributed by atoms with van der Waals surface area (Å²) in [5, 5.41) is 3.02. The van der Waals surface area contributed by atoms with E-state index in [9.17, 15) is 4.79 Å². The number of rotatable bonds is 7. The number of amides is 1. The first-order chi connectivity index (χ1) is 8.79. The van der Waals surface area contributed by atoms with Crippen molar-refractivity contribution in [3.05, 3.63) is 35.9 Å². The Bertz CT molecular complexity index is 385. The van der Waals surface area contributed by atoms with Crippen molar-refractivity contribution in [1.29, 1.82) is 0 Å². The first-order valence-electron chi connectivity index (χ1n) is 6.71. The first-order valence-corrected chi connectivity index (χ1v) is 6.71. The Morgan fingerprint density at radius 3 is 2.67 bits per heavy atom. The molecule has 1 N–H and O–H groups in total. The summed E-state index contributed by atoms with van der Waals surface area (Å²) >= 11 is 0. The number of benzene rings is 1. The van der Waals surface area contributed by atoms with Gasteiger partial charge in [0.2, 0.25) is 5.91 Å². The average molecular weight is 247 g/mol. The van der Waals surface area contributed by atoms with E-state index in [1.165, 1.54) is 0 Å². The van der Waals surface area contributed by atoms with Crippen LogP contribution in [0.4, 0.5) is 0 Å². The highest BCUT2D eigenvalue weighted by Crippen LogP contribution is 2.48. The van der Waals surface area contributed by atoms with Crippen LogP contribution in [-0.2, 0) is 14.9 Å². The summed E-state index contributed by atoms with van der Waals surface area (Å²) in [5.74, 6) is 0.171. The maximum atomic E-state index is 12.2. The van der Waals surface area contributed by atoms with Gasteiger partial charge in [-0.3, -0.25) is 4.79 Å². The van der Waals surface area contributed by atoms with E-state index in [4.69, 9.17) is 4.74 Å². The van der Waals surface area contributed by atoms with Crippen molar-refractivity contribution in [1.82, 2.24) is 5.32 Å². The number of nitrogens with one attached hydrogen (secondary N) is 1. The molecule has 0 bridgehead atoms. The second-order valence-electron chi connectivity index (χ2n) is 4.75. The van der Waals surface area contributed by atoms with Crippen LogP contribution in [0.25, 0.3) is 0 Å². The van der Waals surface area contributed by atoms with Gasteiger partial charge >= 0.3 is 0 Å². The molecule has 1 aliphatic carbocycles. The Labute approximate surface area is 109 Å². The molecule has 0 unspecified atom stereocenters. The molecule has 1 aromatic rings. The van der Waals surface area contributed by atoms with Gasteiger partial charge in [-0.25, -0.2) is 0 Å². The molecule has 0 radical (unpaired) electrons. The molecule has 0 saturated heterocycles. The Morgan fingerprint density at radius 1 is 1.33 bits per heavy atom. The van der Waals surface area contributed by atoms with E-state index in [0.717, 1.165) is 38.0 Å². The zero-order valence-corrected chi connectivity index (χ0v) is 10.9. The van der Waals surface area contributed by atoms with Crippen LogP contribution in [-0.4, -0.2) is 25.7 Å². The topological polar surface area (TPSA) is 38.3 Å². The molecule has 0 atom stereocenters. The van der Waals surface area contributed by atoms with Crippen molar-refractivity contribution in [2.45, 2.75) is 31.6 Å².